The SMILES string of the molecule is CCOC(=O)C(Cc1cccc(C(N)=O)c1)Oc1c(Cl)cccc1Cl. The van der Waals surface area contributed by atoms with Crippen LogP contribution in [0.5, 0.6) is 5.75 Å². The maximum Gasteiger partial charge on any atom is 0.347 e. The fourth-order valence-electron chi connectivity index (χ4n) is 2.21. The van der Waals surface area contributed by atoms with E-state index in [1.165, 1.54) is 0 Å². The summed E-state index contributed by atoms with van der Waals surface area (Å²) in [5, 5.41) is 0.570. The lowest BCUT2D eigenvalue weighted by Crippen LogP contribution is -2.32. The summed E-state index contributed by atoms with van der Waals surface area (Å²) in [6, 6.07) is 11.5. The minimum atomic E-state index is -0.972. The molecule has 2 aromatic rings. The molecule has 1 amide bonds. The highest BCUT2D eigenvalue weighted by Gasteiger charge is 2.25. The molecule has 0 fully saturated rings. The predicted octanol–water partition coefficient (Wildman–Crippen LogP) is 3.65. The Kier molecular flexibility index (Phi) is 6.67. The summed E-state index contributed by atoms with van der Waals surface area (Å²) < 4.78 is 10.8. The van der Waals surface area contributed by atoms with Crippen molar-refractivity contribution in [2.45, 2.75) is 19.4 Å². The molecular formula is C18H17Cl2NO4. The van der Waals surface area contributed by atoms with Crippen molar-refractivity contribution in [3.05, 3.63) is 63.6 Å². The van der Waals surface area contributed by atoms with Crippen LogP contribution >= 0.6 is 23.2 Å². The van der Waals surface area contributed by atoms with Gasteiger partial charge in [0.05, 0.1) is 16.7 Å². The maximum atomic E-state index is 12.3. The molecule has 2 aromatic carbocycles. The molecule has 0 aliphatic heterocycles. The van der Waals surface area contributed by atoms with E-state index < -0.39 is 18.0 Å². The van der Waals surface area contributed by atoms with Crippen molar-refractivity contribution >= 4 is 35.1 Å². The van der Waals surface area contributed by atoms with Gasteiger partial charge in [0.25, 0.3) is 0 Å². The molecule has 25 heavy (non-hydrogen) atoms. The van der Waals surface area contributed by atoms with Gasteiger partial charge < -0.3 is 15.2 Å². The zero-order chi connectivity index (χ0) is 18.4. The predicted molar refractivity (Wildman–Crippen MR) is 96.2 cm³/mol. The highest BCUT2D eigenvalue weighted by molar-refractivity contribution is 6.37. The van der Waals surface area contributed by atoms with Crippen molar-refractivity contribution in [3.63, 3.8) is 0 Å². The highest BCUT2D eigenvalue weighted by atomic mass is 35.5. The summed E-state index contributed by atoms with van der Waals surface area (Å²) in [6.07, 6.45) is -0.804. The minimum Gasteiger partial charge on any atom is -0.475 e. The van der Waals surface area contributed by atoms with Gasteiger partial charge in [-0.2, -0.15) is 0 Å². The third-order valence-corrected chi connectivity index (χ3v) is 3.96. The summed E-state index contributed by atoms with van der Waals surface area (Å²) in [4.78, 5) is 23.6. The summed E-state index contributed by atoms with van der Waals surface area (Å²) in [7, 11) is 0. The molecule has 2 N–H and O–H groups in total. The van der Waals surface area contributed by atoms with Crippen LogP contribution in [0.4, 0.5) is 0 Å². The number of nitrogens with two attached hydrogens (primary N) is 1. The van der Waals surface area contributed by atoms with E-state index in [-0.39, 0.29) is 28.8 Å². The van der Waals surface area contributed by atoms with Crippen LogP contribution in [0.2, 0.25) is 10.0 Å². The van der Waals surface area contributed by atoms with Crippen molar-refractivity contribution in [3.8, 4) is 5.75 Å². The van der Waals surface area contributed by atoms with Gasteiger partial charge in [0.1, 0.15) is 0 Å². The van der Waals surface area contributed by atoms with Crippen molar-refractivity contribution in [1.82, 2.24) is 0 Å². The molecule has 1 atom stereocenters. The van der Waals surface area contributed by atoms with Gasteiger partial charge in [0.2, 0.25) is 5.91 Å². The van der Waals surface area contributed by atoms with Crippen LogP contribution in [0, 0.1) is 0 Å². The fourth-order valence-corrected chi connectivity index (χ4v) is 2.70. The van der Waals surface area contributed by atoms with Crippen LogP contribution < -0.4 is 10.5 Å². The van der Waals surface area contributed by atoms with Crippen LogP contribution in [0.25, 0.3) is 0 Å². The smallest absolute Gasteiger partial charge is 0.347 e. The summed E-state index contributed by atoms with van der Waals surface area (Å²) in [5.41, 5.74) is 6.32. The van der Waals surface area contributed by atoms with Crippen molar-refractivity contribution in [2.75, 3.05) is 6.61 Å². The average Bonchev–Trinajstić information content (AvgIpc) is 2.57. The van der Waals surface area contributed by atoms with E-state index in [1.54, 1.807) is 49.4 Å². The molecule has 0 bridgehead atoms. The second kappa shape index (κ2) is 8.74. The van der Waals surface area contributed by atoms with Crippen molar-refractivity contribution in [1.29, 1.82) is 0 Å². The number of hydrogen-bond donors (Lipinski definition) is 1. The van der Waals surface area contributed by atoms with Crippen LogP contribution in [0.15, 0.2) is 42.5 Å². The lowest BCUT2D eigenvalue weighted by atomic mass is 10.0. The lowest BCUT2D eigenvalue weighted by molar-refractivity contribution is -0.151. The van der Waals surface area contributed by atoms with Gasteiger partial charge >= 0.3 is 5.97 Å². The molecule has 0 spiro atoms. The highest BCUT2D eigenvalue weighted by Crippen LogP contribution is 2.33. The van der Waals surface area contributed by atoms with Gasteiger partial charge in [0, 0.05) is 12.0 Å². The average molecular weight is 382 g/mol. The Morgan fingerprint density at radius 3 is 2.36 bits per heavy atom. The number of para-hydroxylation sites is 1. The number of carbonyl (C=O) groups excluding carboxylic acids is 2. The number of esters is 1. The topological polar surface area (TPSA) is 78.6 Å². The Morgan fingerprint density at radius 2 is 1.76 bits per heavy atom. The first kappa shape index (κ1) is 19.1. The first-order valence-corrected chi connectivity index (χ1v) is 8.34. The van der Waals surface area contributed by atoms with E-state index in [1.807, 2.05) is 0 Å². The molecule has 0 aromatic heterocycles. The number of ether oxygens (including phenoxy) is 2. The first-order valence-electron chi connectivity index (χ1n) is 7.58. The molecule has 0 heterocycles. The number of hydrogen-bond acceptors (Lipinski definition) is 4. The van der Waals surface area contributed by atoms with Crippen LogP contribution in [0.1, 0.15) is 22.8 Å². The lowest BCUT2D eigenvalue weighted by Gasteiger charge is -2.19. The van der Waals surface area contributed by atoms with E-state index >= 15 is 0 Å². The van der Waals surface area contributed by atoms with Gasteiger partial charge in [-0.05, 0) is 36.8 Å². The number of primary amides is 1. The quantitative estimate of drug-likeness (QED) is 0.742. The first-order chi connectivity index (χ1) is 11.9. The van der Waals surface area contributed by atoms with Gasteiger partial charge in [0.15, 0.2) is 11.9 Å². The van der Waals surface area contributed by atoms with Crippen LogP contribution in [-0.4, -0.2) is 24.6 Å². The normalized spacial score (nSPS) is 11.6. The molecule has 0 saturated heterocycles. The van der Waals surface area contributed by atoms with Crippen LogP contribution in [0.3, 0.4) is 0 Å². The third-order valence-electron chi connectivity index (χ3n) is 3.36. The molecule has 2 rings (SSSR count). The number of benzene rings is 2. The van der Waals surface area contributed by atoms with Crippen molar-refractivity contribution in [2.24, 2.45) is 5.73 Å². The van der Waals surface area contributed by atoms with Crippen LogP contribution in [-0.2, 0) is 16.0 Å². The van der Waals surface area contributed by atoms with Gasteiger partial charge in [-0.1, -0.05) is 41.4 Å². The molecule has 7 heteroatoms. The number of carbonyl (C=O) groups is 2. The Balaban J connectivity index is 2.29. The Labute approximate surface area is 155 Å². The Bertz CT molecular complexity index is 759. The molecule has 132 valence electrons. The second-order valence-corrected chi connectivity index (χ2v) is 5.99. The zero-order valence-corrected chi connectivity index (χ0v) is 15.0. The molecule has 0 aliphatic rings. The van der Waals surface area contributed by atoms with E-state index in [2.05, 4.69) is 0 Å². The molecule has 5 nitrogen and oxygen atoms in total. The molecule has 0 radical (unpaired) electrons. The summed E-state index contributed by atoms with van der Waals surface area (Å²) in [6.45, 7) is 1.90. The minimum absolute atomic E-state index is 0.168. The second-order valence-electron chi connectivity index (χ2n) is 5.18. The van der Waals surface area contributed by atoms with E-state index in [0.29, 0.717) is 11.1 Å². The fraction of sp³-hybridized carbons (Fsp3) is 0.222. The largest absolute Gasteiger partial charge is 0.475 e. The van der Waals surface area contributed by atoms with Gasteiger partial charge in [-0.3, -0.25) is 4.79 Å². The third kappa shape index (κ3) is 5.11. The number of amides is 1. The van der Waals surface area contributed by atoms with E-state index in [0.717, 1.165) is 0 Å². The number of halogens is 2. The van der Waals surface area contributed by atoms with Gasteiger partial charge in [-0.25, -0.2) is 4.79 Å². The molecular weight excluding hydrogens is 365 g/mol. The summed E-state index contributed by atoms with van der Waals surface area (Å²) >= 11 is 12.2. The molecule has 1 unspecified atom stereocenters. The maximum absolute atomic E-state index is 12.3. The Hall–Kier alpha value is -2.24. The standard InChI is InChI=1S/C18H17Cl2NO4/c1-2-24-18(23)15(25-16-13(19)7-4-8-14(16)20)10-11-5-3-6-12(9-11)17(21)22/h3-9,15H,2,10H2,1H3,(H2,21,22). The van der Waals surface area contributed by atoms with Crippen molar-refractivity contribution < 1.29 is 19.1 Å². The van der Waals surface area contributed by atoms with E-state index in [4.69, 9.17) is 38.4 Å². The van der Waals surface area contributed by atoms with E-state index in [9.17, 15) is 9.59 Å². The number of rotatable bonds is 7. The van der Waals surface area contributed by atoms with Gasteiger partial charge in [-0.15, -0.1) is 0 Å². The summed E-state index contributed by atoms with van der Waals surface area (Å²) in [5.74, 6) is -0.900. The molecule has 0 saturated carbocycles. The monoisotopic (exact) mass is 381 g/mol. The zero-order valence-electron chi connectivity index (χ0n) is 13.5. The molecule has 0 aliphatic carbocycles. The Morgan fingerprint density at radius 1 is 1.12 bits per heavy atom.